The minimum atomic E-state index is -5.08. The van der Waals surface area contributed by atoms with Crippen LogP contribution >= 0.6 is 0 Å². The zero-order valence-electron chi connectivity index (χ0n) is 22.6. The van der Waals surface area contributed by atoms with Crippen LogP contribution in [0.4, 0.5) is 13.2 Å². The lowest BCUT2D eigenvalue weighted by Gasteiger charge is -2.29. The van der Waals surface area contributed by atoms with Crippen LogP contribution in [0.25, 0.3) is 0 Å². The second-order valence-electron chi connectivity index (χ2n) is 10.4. The van der Waals surface area contributed by atoms with Gasteiger partial charge in [-0.15, -0.1) is 0 Å². The molecule has 2 aromatic rings. The number of aromatic nitrogens is 2. The first-order valence-electron chi connectivity index (χ1n) is 13.8. The van der Waals surface area contributed by atoms with Gasteiger partial charge in [-0.25, -0.2) is 4.79 Å². The molecule has 11 nitrogen and oxygen atoms in total. The largest absolute Gasteiger partial charge is 0.490 e. The van der Waals surface area contributed by atoms with E-state index < -0.39 is 24.3 Å². The van der Waals surface area contributed by atoms with E-state index in [0.29, 0.717) is 55.9 Å². The predicted octanol–water partition coefficient (Wildman–Crippen LogP) is 3.38. The van der Waals surface area contributed by atoms with Crippen LogP contribution in [-0.4, -0.2) is 82.2 Å². The van der Waals surface area contributed by atoms with Crippen LogP contribution in [-0.2, 0) is 16.0 Å². The van der Waals surface area contributed by atoms with Crippen LogP contribution in [0.15, 0.2) is 22.7 Å². The highest BCUT2D eigenvalue weighted by molar-refractivity contribution is 5.76. The number of carboxylic acid groups (broad SMARTS) is 1. The normalized spacial score (nSPS) is 18.2. The maximum atomic E-state index is 12.8. The Bertz CT molecular complexity index is 1170. The van der Waals surface area contributed by atoms with E-state index >= 15 is 0 Å². The number of aliphatic carboxylic acids is 1. The SMILES string of the molecule is O=C(CCCCc1nc(C2CC2)no1)N[C@H](CN1CCCC1)[C@H](O)c1ccc2c(c1)OCCO2.O=C(O)C(F)(F)F. The Morgan fingerprint density at radius 3 is 2.44 bits per heavy atom. The molecule has 2 atom stereocenters. The lowest BCUT2D eigenvalue weighted by Crippen LogP contribution is -2.46. The summed E-state index contributed by atoms with van der Waals surface area (Å²) in [7, 11) is 0. The van der Waals surface area contributed by atoms with Gasteiger partial charge >= 0.3 is 12.1 Å². The number of unbranched alkanes of at least 4 members (excludes halogenated alkanes) is 1. The molecule has 0 bridgehead atoms. The van der Waals surface area contributed by atoms with Crippen LogP contribution in [0, 0.1) is 0 Å². The molecule has 14 heteroatoms. The second-order valence-corrected chi connectivity index (χ2v) is 10.4. The van der Waals surface area contributed by atoms with E-state index in [-0.39, 0.29) is 5.91 Å². The van der Waals surface area contributed by atoms with Gasteiger partial charge in [0.25, 0.3) is 0 Å². The van der Waals surface area contributed by atoms with Gasteiger partial charge in [-0.1, -0.05) is 11.2 Å². The minimum absolute atomic E-state index is 0.0509. The molecule has 2 aliphatic heterocycles. The summed E-state index contributed by atoms with van der Waals surface area (Å²) in [6.45, 7) is 3.62. The van der Waals surface area contributed by atoms with E-state index in [1.165, 1.54) is 0 Å². The number of carboxylic acids is 1. The highest BCUT2D eigenvalue weighted by Gasteiger charge is 2.38. The molecule has 0 spiro atoms. The van der Waals surface area contributed by atoms with E-state index in [0.717, 1.165) is 63.0 Å². The molecule has 5 rings (SSSR count). The highest BCUT2D eigenvalue weighted by atomic mass is 19.4. The van der Waals surface area contributed by atoms with Gasteiger partial charge in [0, 0.05) is 25.3 Å². The predicted molar refractivity (Wildman–Crippen MR) is 138 cm³/mol. The lowest BCUT2D eigenvalue weighted by molar-refractivity contribution is -0.192. The van der Waals surface area contributed by atoms with Crippen molar-refractivity contribution >= 4 is 11.9 Å². The average Bonchev–Trinajstić information content (AvgIpc) is 3.46. The second kappa shape index (κ2) is 14.0. The third-order valence-corrected chi connectivity index (χ3v) is 7.00. The molecule has 226 valence electrons. The van der Waals surface area contributed by atoms with Crippen LogP contribution in [0.1, 0.15) is 74.2 Å². The van der Waals surface area contributed by atoms with Gasteiger partial charge in [0.2, 0.25) is 11.8 Å². The van der Waals surface area contributed by atoms with Crippen LogP contribution in [0.2, 0.25) is 0 Å². The maximum Gasteiger partial charge on any atom is 0.490 e. The van der Waals surface area contributed by atoms with Gasteiger partial charge in [0.05, 0.1) is 6.04 Å². The summed E-state index contributed by atoms with van der Waals surface area (Å²) in [5, 5.41) is 25.5. The van der Waals surface area contributed by atoms with Crippen molar-refractivity contribution in [2.75, 3.05) is 32.8 Å². The number of fused-ring (bicyclic) bond motifs is 1. The number of aliphatic hydroxyl groups is 1. The van der Waals surface area contributed by atoms with Crippen molar-refractivity contribution in [2.45, 2.75) is 75.6 Å². The monoisotopic (exact) mass is 584 g/mol. The molecule has 1 saturated carbocycles. The first-order valence-corrected chi connectivity index (χ1v) is 13.8. The molecule has 1 aliphatic carbocycles. The summed E-state index contributed by atoms with van der Waals surface area (Å²) < 4.78 is 48.3. The molecule has 1 amide bonds. The van der Waals surface area contributed by atoms with Crippen molar-refractivity contribution in [2.24, 2.45) is 0 Å². The molecule has 41 heavy (non-hydrogen) atoms. The number of likely N-dealkylation sites (tertiary alicyclic amines) is 1. The van der Waals surface area contributed by atoms with Crippen molar-refractivity contribution < 1.29 is 47.0 Å². The summed E-state index contributed by atoms with van der Waals surface area (Å²) in [5.41, 5.74) is 0.719. The molecule has 1 saturated heterocycles. The third-order valence-electron chi connectivity index (χ3n) is 7.00. The molecule has 2 fully saturated rings. The van der Waals surface area contributed by atoms with Gasteiger partial charge in [0.1, 0.15) is 19.3 Å². The summed E-state index contributed by atoms with van der Waals surface area (Å²) in [4.78, 5) is 28.4. The first kappa shape index (κ1) is 30.6. The van der Waals surface area contributed by atoms with Gasteiger partial charge in [0.15, 0.2) is 17.3 Å². The lowest BCUT2D eigenvalue weighted by atomic mass is 10.0. The van der Waals surface area contributed by atoms with Gasteiger partial charge in [-0.3, -0.25) is 4.79 Å². The number of ether oxygens (including phenoxy) is 2. The van der Waals surface area contributed by atoms with Crippen molar-refractivity contribution in [1.29, 1.82) is 0 Å². The van der Waals surface area contributed by atoms with Crippen molar-refractivity contribution in [3.8, 4) is 11.5 Å². The maximum absolute atomic E-state index is 12.8. The number of hydrogen-bond acceptors (Lipinski definition) is 9. The van der Waals surface area contributed by atoms with E-state index in [1.54, 1.807) is 0 Å². The van der Waals surface area contributed by atoms with Gasteiger partial charge in [-0.05, 0) is 69.3 Å². The number of hydrogen-bond donors (Lipinski definition) is 3. The van der Waals surface area contributed by atoms with Crippen molar-refractivity contribution in [3.05, 3.63) is 35.5 Å². The van der Waals surface area contributed by atoms with Crippen molar-refractivity contribution in [1.82, 2.24) is 20.4 Å². The van der Waals surface area contributed by atoms with Gasteiger partial charge < -0.3 is 34.4 Å². The van der Waals surface area contributed by atoms with E-state index in [4.69, 9.17) is 23.9 Å². The summed E-state index contributed by atoms with van der Waals surface area (Å²) in [6.07, 6.45) is 1.30. The van der Waals surface area contributed by atoms with E-state index in [9.17, 15) is 23.1 Å². The molecule has 0 radical (unpaired) electrons. The molecule has 1 aromatic heterocycles. The summed E-state index contributed by atoms with van der Waals surface area (Å²) >= 11 is 0. The third kappa shape index (κ3) is 9.32. The fraction of sp³-hybridized carbons (Fsp3) is 0.630. The molecule has 0 unspecified atom stereocenters. The fourth-order valence-corrected chi connectivity index (χ4v) is 4.66. The molecular weight excluding hydrogens is 549 g/mol. The Hall–Kier alpha value is -3.39. The van der Waals surface area contributed by atoms with Crippen LogP contribution in [0.5, 0.6) is 11.5 Å². The summed E-state index contributed by atoms with van der Waals surface area (Å²) in [5.74, 6) is 0.482. The Morgan fingerprint density at radius 2 is 1.78 bits per heavy atom. The number of halogens is 3. The van der Waals surface area contributed by atoms with Gasteiger partial charge in [-0.2, -0.15) is 18.2 Å². The molecule has 3 heterocycles. The van der Waals surface area contributed by atoms with E-state index in [1.807, 2.05) is 18.2 Å². The smallest absolute Gasteiger partial charge is 0.486 e. The number of nitrogens with one attached hydrogen (secondary N) is 1. The molecule has 3 aliphatic rings. The molecule has 1 aromatic carbocycles. The number of nitrogens with zero attached hydrogens (tertiary/aromatic N) is 3. The fourth-order valence-electron chi connectivity index (χ4n) is 4.66. The number of rotatable bonds is 11. The van der Waals surface area contributed by atoms with E-state index in [2.05, 4.69) is 20.4 Å². The summed E-state index contributed by atoms with van der Waals surface area (Å²) in [6, 6.07) is 5.10. The zero-order chi connectivity index (χ0) is 29.4. The molecular formula is C27H35F3N4O7. The number of benzene rings is 1. The minimum Gasteiger partial charge on any atom is -0.486 e. The quantitative estimate of drug-likeness (QED) is 0.336. The number of aryl methyl sites for hydroxylation is 1. The Morgan fingerprint density at radius 1 is 1.10 bits per heavy atom. The Labute approximate surface area is 235 Å². The average molecular weight is 585 g/mol. The standard InChI is InChI=1S/C25H34N4O5.C2HF3O2/c30-22(5-1-2-6-23-27-25(28-34-23)17-7-8-17)26-19(16-29-11-3-4-12-29)24(31)18-9-10-20-21(15-18)33-14-13-32-20;3-2(4,5)1(6)7/h9-10,15,17,19,24,31H,1-8,11-14,16H2,(H,26,30);(H,6,7)/t19-,24-;/m1./s1. The first-order chi connectivity index (χ1) is 19.6. The number of carbonyl (C=O) groups is 2. The number of alkyl halides is 3. The van der Waals surface area contributed by atoms with Crippen molar-refractivity contribution in [3.63, 3.8) is 0 Å². The Kier molecular flexibility index (Phi) is 10.4. The topological polar surface area (TPSA) is 147 Å². The highest BCUT2D eigenvalue weighted by Crippen LogP contribution is 2.38. The zero-order valence-corrected chi connectivity index (χ0v) is 22.6. The van der Waals surface area contributed by atoms with Crippen LogP contribution in [0.3, 0.4) is 0 Å². The van der Waals surface area contributed by atoms with Crippen LogP contribution < -0.4 is 14.8 Å². The number of aliphatic hydroxyl groups excluding tert-OH is 1. The Balaban J connectivity index is 0.000000493. The number of carbonyl (C=O) groups excluding carboxylic acids is 1. The number of amides is 1. The molecule has 3 N–H and O–H groups in total.